The first-order chi connectivity index (χ1) is 5.66. The molecule has 0 amide bonds. The summed E-state index contributed by atoms with van der Waals surface area (Å²) in [5.41, 5.74) is 1.86. The highest BCUT2D eigenvalue weighted by molar-refractivity contribution is 9.10. The van der Waals surface area contributed by atoms with Gasteiger partial charge in [0, 0.05) is 16.5 Å². The molecule has 1 aromatic carbocycles. The summed E-state index contributed by atoms with van der Waals surface area (Å²) in [6, 6.07) is 5.70. The van der Waals surface area contributed by atoms with Gasteiger partial charge in [-0.05, 0) is 18.6 Å². The minimum absolute atomic E-state index is 0.203. The van der Waals surface area contributed by atoms with E-state index in [2.05, 4.69) is 15.9 Å². The van der Waals surface area contributed by atoms with Gasteiger partial charge in [0.15, 0.2) is 5.78 Å². The van der Waals surface area contributed by atoms with E-state index >= 15 is 0 Å². The lowest BCUT2D eigenvalue weighted by molar-refractivity contribution is 0.0987. The fraction of sp³-hybridized carbons (Fsp3) is 0.300. The van der Waals surface area contributed by atoms with Crippen molar-refractivity contribution in [1.82, 2.24) is 0 Å². The Kier molecular flexibility index (Phi) is 3.04. The molecule has 0 unspecified atom stereocenters. The largest absolute Gasteiger partial charge is 0.294 e. The van der Waals surface area contributed by atoms with E-state index in [0.29, 0.717) is 6.42 Å². The maximum atomic E-state index is 11.4. The molecule has 1 nitrogen and oxygen atoms in total. The zero-order chi connectivity index (χ0) is 9.14. The number of hydrogen-bond donors (Lipinski definition) is 0. The van der Waals surface area contributed by atoms with Gasteiger partial charge < -0.3 is 0 Å². The van der Waals surface area contributed by atoms with Crippen LogP contribution in [0.25, 0.3) is 0 Å². The topological polar surface area (TPSA) is 17.1 Å². The first-order valence-electron chi connectivity index (χ1n) is 3.95. The van der Waals surface area contributed by atoms with Crippen LogP contribution < -0.4 is 0 Å². The number of hydrogen-bond acceptors (Lipinski definition) is 1. The SMILES string of the molecule is CCC(=O)c1cccc(Br)c1C. The Morgan fingerprint density at radius 2 is 2.17 bits per heavy atom. The van der Waals surface area contributed by atoms with Crippen LogP contribution in [0.15, 0.2) is 22.7 Å². The fourth-order valence-electron chi connectivity index (χ4n) is 1.10. The summed E-state index contributed by atoms with van der Waals surface area (Å²) >= 11 is 3.39. The average molecular weight is 227 g/mol. The summed E-state index contributed by atoms with van der Waals surface area (Å²) in [4.78, 5) is 11.4. The van der Waals surface area contributed by atoms with Gasteiger partial charge in [0.1, 0.15) is 0 Å². The maximum absolute atomic E-state index is 11.4. The molecule has 2 heteroatoms. The zero-order valence-electron chi connectivity index (χ0n) is 7.23. The molecule has 0 radical (unpaired) electrons. The Bertz CT molecular complexity index is 305. The Morgan fingerprint density at radius 1 is 1.50 bits per heavy atom. The van der Waals surface area contributed by atoms with Gasteiger partial charge in [-0.15, -0.1) is 0 Å². The second-order valence-corrected chi connectivity index (χ2v) is 3.54. The molecule has 0 saturated carbocycles. The monoisotopic (exact) mass is 226 g/mol. The van der Waals surface area contributed by atoms with Crippen molar-refractivity contribution >= 4 is 21.7 Å². The molecule has 0 aliphatic carbocycles. The van der Waals surface area contributed by atoms with Gasteiger partial charge in [-0.25, -0.2) is 0 Å². The molecule has 0 aromatic heterocycles. The van der Waals surface area contributed by atoms with E-state index in [1.165, 1.54) is 0 Å². The summed E-state index contributed by atoms with van der Waals surface area (Å²) in [6.07, 6.45) is 0.567. The van der Waals surface area contributed by atoms with Crippen LogP contribution in [0, 0.1) is 6.92 Å². The Balaban J connectivity index is 3.16. The third-order valence-corrected chi connectivity index (χ3v) is 2.75. The zero-order valence-corrected chi connectivity index (χ0v) is 8.81. The van der Waals surface area contributed by atoms with Crippen molar-refractivity contribution < 1.29 is 4.79 Å². The Labute approximate surface area is 80.9 Å². The molecular weight excluding hydrogens is 216 g/mol. The fourth-order valence-corrected chi connectivity index (χ4v) is 1.47. The standard InChI is InChI=1S/C10H11BrO/c1-3-10(12)8-5-4-6-9(11)7(8)2/h4-6H,3H2,1-2H3. The Morgan fingerprint density at radius 3 is 2.75 bits per heavy atom. The molecule has 1 rings (SSSR count). The molecule has 0 fully saturated rings. The van der Waals surface area contributed by atoms with Crippen LogP contribution in [-0.4, -0.2) is 5.78 Å². The van der Waals surface area contributed by atoms with Crippen LogP contribution >= 0.6 is 15.9 Å². The molecule has 0 heterocycles. The molecule has 64 valence electrons. The van der Waals surface area contributed by atoms with E-state index in [1.54, 1.807) is 0 Å². The van der Waals surface area contributed by atoms with Gasteiger partial charge in [-0.3, -0.25) is 4.79 Å². The molecule has 0 N–H and O–H groups in total. The van der Waals surface area contributed by atoms with Crippen molar-refractivity contribution in [1.29, 1.82) is 0 Å². The number of rotatable bonds is 2. The second kappa shape index (κ2) is 3.85. The molecule has 0 aliphatic heterocycles. The number of ketones is 1. The van der Waals surface area contributed by atoms with Crippen molar-refractivity contribution in [3.63, 3.8) is 0 Å². The molecular formula is C10H11BrO. The summed E-state index contributed by atoms with van der Waals surface area (Å²) in [7, 11) is 0. The highest BCUT2D eigenvalue weighted by atomic mass is 79.9. The van der Waals surface area contributed by atoms with Gasteiger partial charge in [0.25, 0.3) is 0 Å². The number of benzene rings is 1. The van der Waals surface area contributed by atoms with Crippen molar-refractivity contribution in [2.45, 2.75) is 20.3 Å². The van der Waals surface area contributed by atoms with Gasteiger partial charge in [0.05, 0.1) is 0 Å². The van der Waals surface area contributed by atoms with Crippen molar-refractivity contribution in [2.24, 2.45) is 0 Å². The van der Waals surface area contributed by atoms with Crippen LogP contribution in [0.3, 0.4) is 0 Å². The van der Waals surface area contributed by atoms with Gasteiger partial charge in [0.2, 0.25) is 0 Å². The quantitative estimate of drug-likeness (QED) is 0.708. The second-order valence-electron chi connectivity index (χ2n) is 2.69. The van der Waals surface area contributed by atoms with Crippen LogP contribution in [0.1, 0.15) is 29.3 Å². The molecule has 0 aliphatic rings. The Hall–Kier alpha value is -0.630. The summed E-state index contributed by atoms with van der Waals surface area (Å²) in [6.45, 7) is 3.83. The number of Topliss-reactive ketones (excluding diaryl/α,β-unsaturated/α-hetero) is 1. The first kappa shape index (κ1) is 9.46. The lowest BCUT2D eigenvalue weighted by atomic mass is 10.0. The highest BCUT2D eigenvalue weighted by Gasteiger charge is 2.07. The lowest BCUT2D eigenvalue weighted by Crippen LogP contribution is -1.99. The molecule has 1 aromatic rings. The highest BCUT2D eigenvalue weighted by Crippen LogP contribution is 2.20. The lowest BCUT2D eigenvalue weighted by Gasteiger charge is -2.04. The predicted octanol–water partition coefficient (Wildman–Crippen LogP) is 3.35. The predicted molar refractivity (Wildman–Crippen MR) is 53.5 cm³/mol. The van der Waals surface area contributed by atoms with Crippen LogP contribution in [0.5, 0.6) is 0 Å². The summed E-state index contributed by atoms with van der Waals surface area (Å²) < 4.78 is 1.00. The van der Waals surface area contributed by atoms with E-state index in [1.807, 2.05) is 32.0 Å². The number of halogens is 1. The van der Waals surface area contributed by atoms with Crippen LogP contribution in [0.4, 0.5) is 0 Å². The average Bonchev–Trinajstić information content (AvgIpc) is 2.08. The van der Waals surface area contributed by atoms with Gasteiger partial charge in [-0.1, -0.05) is 35.0 Å². The summed E-state index contributed by atoms with van der Waals surface area (Å²) in [5, 5.41) is 0. The molecule has 0 atom stereocenters. The van der Waals surface area contributed by atoms with Crippen LogP contribution in [0.2, 0.25) is 0 Å². The van der Waals surface area contributed by atoms with Gasteiger partial charge >= 0.3 is 0 Å². The molecule has 0 saturated heterocycles. The normalized spacial score (nSPS) is 9.92. The number of carbonyl (C=O) groups is 1. The molecule has 0 bridgehead atoms. The first-order valence-corrected chi connectivity index (χ1v) is 4.74. The van der Waals surface area contributed by atoms with E-state index in [4.69, 9.17) is 0 Å². The van der Waals surface area contributed by atoms with E-state index in [-0.39, 0.29) is 5.78 Å². The van der Waals surface area contributed by atoms with Gasteiger partial charge in [-0.2, -0.15) is 0 Å². The van der Waals surface area contributed by atoms with Crippen molar-refractivity contribution in [3.8, 4) is 0 Å². The summed E-state index contributed by atoms with van der Waals surface area (Å²) in [5.74, 6) is 0.203. The number of carbonyl (C=O) groups excluding carboxylic acids is 1. The third-order valence-electron chi connectivity index (χ3n) is 1.89. The third kappa shape index (κ3) is 1.75. The minimum atomic E-state index is 0.203. The molecule has 0 spiro atoms. The smallest absolute Gasteiger partial charge is 0.162 e. The van der Waals surface area contributed by atoms with Crippen molar-refractivity contribution in [2.75, 3.05) is 0 Å². The molecule has 12 heavy (non-hydrogen) atoms. The minimum Gasteiger partial charge on any atom is -0.294 e. The van der Waals surface area contributed by atoms with Crippen molar-refractivity contribution in [3.05, 3.63) is 33.8 Å². The van der Waals surface area contributed by atoms with E-state index in [0.717, 1.165) is 15.6 Å². The van der Waals surface area contributed by atoms with E-state index in [9.17, 15) is 4.79 Å². The van der Waals surface area contributed by atoms with Crippen LogP contribution in [-0.2, 0) is 0 Å². The van der Waals surface area contributed by atoms with E-state index < -0.39 is 0 Å². The maximum Gasteiger partial charge on any atom is 0.162 e.